The van der Waals surface area contributed by atoms with Crippen LogP contribution in [0, 0.1) is 6.92 Å². The molecule has 0 aliphatic carbocycles. The molecule has 20 heavy (non-hydrogen) atoms. The summed E-state index contributed by atoms with van der Waals surface area (Å²) in [5.41, 5.74) is 9.84. The van der Waals surface area contributed by atoms with Gasteiger partial charge in [0.05, 0.1) is 6.10 Å². The number of hydrogen-bond acceptors (Lipinski definition) is 3. The summed E-state index contributed by atoms with van der Waals surface area (Å²) in [6.45, 7) is 6.92. The molecular weight excluding hydrogens is 248 g/mol. The Hall–Kier alpha value is -2.00. The summed E-state index contributed by atoms with van der Waals surface area (Å²) in [6.07, 6.45) is 0.206. The molecule has 0 heterocycles. The highest BCUT2D eigenvalue weighted by molar-refractivity contribution is 5.41. The third kappa shape index (κ3) is 4.28. The largest absolute Gasteiger partial charge is 0.491 e. The maximum Gasteiger partial charge on any atom is 0.122 e. The van der Waals surface area contributed by atoms with Gasteiger partial charge in [-0.1, -0.05) is 30.3 Å². The van der Waals surface area contributed by atoms with E-state index in [1.807, 2.05) is 50.2 Å². The van der Waals surface area contributed by atoms with Gasteiger partial charge in [-0.2, -0.15) is 0 Å². The van der Waals surface area contributed by atoms with Crippen molar-refractivity contribution >= 4 is 5.69 Å². The molecular formula is C17H22N2O. The van der Waals surface area contributed by atoms with E-state index in [1.165, 1.54) is 5.56 Å². The summed E-state index contributed by atoms with van der Waals surface area (Å²) in [7, 11) is 0. The van der Waals surface area contributed by atoms with Crippen LogP contribution in [0.25, 0.3) is 0 Å². The van der Waals surface area contributed by atoms with E-state index in [4.69, 9.17) is 4.74 Å². The van der Waals surface area contributed by atoms with Crippen molar-refractivity contribution in [3.63, 3.8) is 0 Å². The van der Waals surface area contributed by atoms with E-state index in [-0.39, 0.29) is 6.10 Å². The van der Waals surface area contributed by atoms with Crippen LogP contribution in [0.4, 0.5) is 5.69 Å². The van der Waals surface area contributed by atoms with Gasteiger partial charge >= 0.3 is 0 Å². The summed E-state index contributed by atoms with van der Waals surface area (Å²) in [5, 5.41) is 0. The molecule has 3 heteroatoms. The van der Waals surface area contributed by atoms with E-state index in [9.17, 15) is 0 Å². The Bertz CT molecular complexity index is 538. The van der Waals surface area contributed by atoms with E-state index < -0.39 is 0 Å². The first-order valence-electron chi connectivity index (χ1n) is 6.95. The van der Waals surface area contributed by atoms with Gasteiger partial charge in [0, 0.05) is 12.2 Å². The summed E-state index contributed by atoms with van der Waals surface area (Å²) in [6, 6.07) is 16.3. The molecule has 106 valence electrons. The van der Waals surface area contributed by atoms with E-state index >= 15 is 0 Å². The SMILES string of the molecule is Cc1cc(CNNc2ccccc2)ccc1OC(C)C. The number of hydrazine groups is 1. The van der Waals surface area contributed by atoms with Gasteiger partial charge in [-0.05, 0) is 50.1 Å². The number of aryl methyl sites for hydroxylation is 1. The predicted octanol–water partition coefficient (Wildman–Crippen LogP) is 3.90. The molecule has 2 aromatic rings. The zero-order valence-electron chi connectivity index (χ0n) is 12.3. The van der Waals surface area contributed by atoms with Gasteiger partial charge in [0.25, 0.3) is 0 Å². The van der Waals surface area contributed by atoms with E-state index in [2.05, 4.69) is 29.9 Å². The molecule has 0 bridgehead atoms. The zero-order chi connectivity index (χ0) is 14.4. The van der Waals surface area contributed by atoms with Crippen molar-refractivity contribution in [3.05, 3.63) is 59.7 Å². The van der Waals surface area contributed by atoms with Crippen LogP contribution in [0.1, 0.15) is 25.0 Å². The van der Waals surface area contributed by atoms with Gasteiger partial charge in [-0.25, -0.2) is 5.43 Å². The summed E-state index contributed by atoms with van der Waals surface area (Å²) in [5.74, 6) is 0.958. The molecule has 0 fully saturated rings. The van der Waals surface area contributed by atoms with Crippen LogP contribution >= 0.6 is 0 Å². The van der Waals surface area contributed by atoms with Crippen molar-refractivity contribution in [1.29, 1.82) is 0 Å². The van der Waals surface area contributed by atoms with Crippen LogP contribution in [0.3, 0.4) is 0 Å². The second-order valence-corrected chi connectivity index (χ2v) is 5.11. The third-order valence-corrected chi connectivity index (χ3v) is 2.90. The van der Waals surface area contributed by atoms with E-state index in [0.29, 0.717) is 0 Å². The average molecular weight is 270 g/mol. The van der Waals surface area contributed by atoms with Crippen molar-refractivity contribution in [1.82, 2.24) is 5.43 Å². The molecule has 0 saturated carbocycles. The minimum atomic E-state index is 0.206. The summed E-state index contributed by atoms with van der Waals surface area (Å²) in [4.78, 5) is 0. The Morgan fingerprint density at radius 3 is 2.45 bits per heavy atom. The lowest BCUT2D eigenvalue weighted by Gasteiger charge is -2.14. The number of para-hydroxylation sites is 1. The van der Waals surface area contributed by atoms with Crippen LogP contribution in [0.5, 0.6) is 5.75 Å². The molecule has 0 aromatic heterocycles. The number of benzene rings is 2. The molecule has 0 atom stereocenters. The van der Waals surface area contributed by atoms with Crippen molar-refractivity contribution in [2.24, 2.45) is 0 Å². The van der Waals surface area contributed by atoms with Crippen LogP contribution < -0.4 is 15.6 Å². The molecule has 0 unspecified atom stereocenters. The highest BCUT2D eigenvalue weighted by Crippen LogP contribution is 2.20. The molecule has 2 rings (SSSR count). The lowest BCUT2D eigenvalue weighted by atomic mass is 10.1. The quantitative estimate of drug-likeness (QED) is 0.781. The summed E-state index contributed by atoms with van der Waals surface area (Å²) < 4.78 is 5.74. The number of hydrogen-bond donors (Lipinski definition) is 2. The highest BCUT2D eigenvalue weighted by atomic mass is 16.5. The van der Waals surface area contributed by atoms with Crippen molar-refractivity contribution in [2.75, 3.05) is 5.43 Å². The van der Waals surface area contributed by atoms with E-state index in [1.54, 1.807) is 0 Å². The second kappa shape index (κ2) is 6.96. The van der Waals surface area contributed by atoms with Crippen LogP contribution in [0.15, 0.2) is 48.5 Å². The fourth-order valence-corrected chi connectivity index (χ4v) is 1.98. The Morgan fingerprint density at radius 1 is 1.05 bits per heavy atom. The minimum absolute atomic E-state index is 0.206. The topological polar surface area (TPSA) is 33.3 Å². The van der Waals surface area contributed by atoms with Crippen molar-refractivity contribution in [2.45, 2.75) is 33.4 Å². The number of rotatable bonds is 6. The molecule has 2 N–H and O–H groups in total. The van der Waals surface area contributed by atoms with Gasteiger partial charge in [0.1, 0.15) is 5.75 Å². The predicted molar refractivity (Wildman–Crippen MR) is 83.8 cm³/mol. The maximum absolute atomic E-state index is 5.74. The van der Waals surface area contributed by atoms with Gasteiger partial charge < -0.3 is 10.2 Å². The van der Waals surface area contributed by atoms with Crippen LogP contribution in [0.2, 0.25) is 0 Å². The smallest absolute Gasteiger partial charge is 0.122 e. The minimum Gasteiger partial charge on any atom is -0.491 e. The zero-order valence-corrected chi connectivity index (χ0v) is 12.3. The van der Waals surface area contributed by atoms with Crippen molar-refractivity contribution < 1.29 is 4.74 Å². The Morgan fingerprint density at radius 2 is 1.80 bits per heavy atom. The lowest BCUT2D eigenvalue weighted by molar-refractivity contribution is 0.240. The second-order valence-electron chi connectivity index (χ2n) is 5.11. The molecule has 0 spiro atoms. The van der Waals surface area contributed by atoms with Gasteiger partial charge in [0.2, 0.25) is 0 Å². The Kier molecular flexibility index (Phi) is 5.02. The normalized spacial score (nSPS) is 10.6. The van der Waals surface area contributed by atoms with Gasteiger partial charge in [0.15, 0.2) is 0 Å². The number of ether oxygens (including phenoxy) is 1. The highest BCUT2D eigenvalue weighted by Gasteiger charge is 2.03. The van der Waals surface area contributed by atoms with Crippen molar-refractivity contribution in [3.8, 4) is 5.75 Å². The molecule has 2 aromatic carbocycles. The molecule has 0 aliphatic rings. The van der Waals surface area contributed by atoms with E-state index in [0.717, 1.165) is 23.5 Å². The fourth-order valence-electron chi connectivity index (χ4n) is 1.98. The molecule has 0 saturated heterocycles. The molecule has 0 amide bonds. The lowest BCUT2D eigenvalue weighted by Crippen LogP contribution is -2.20. The van der Waals surface area contributed by atoms with Crippen LogP contribution in [-0.4, -0.2) is 6.10 Å². The monoisotopic (exact) mass is 270 g/mol. The first kappa shape index (κ1) is 14.4. The van der Waals surface area contributed by atoms with Crippen LogP contribution in [-0.2, 0) is 6.54 Å². The fraction of sp³-hybridized carbons (Fsp3) is 0.294. The number of nitrogens with one attached hydrogen (secondary N) is 2. The number of anilines is 1. The van der Waals surface area contributed by atoms with Gasteiger partial charge in [-0.15, -0.1) is 0 Å². The average Bonchev–Trinajstić information content (AvgIpc) is 2.43. The third-order valence-electron chi connectivity index (χ3n) is 2.90. The first-order chi connectivity index (χ1) is 9.65. The van der Waals surface area contributed by atoms with Gasteiger partial charge in [-0.3, -0.25) is 0 Å². The Balaban J connectivity index is 1.89. The first-order valence-corrected chi connectivity index (χ1v) is 6.95. The maximum atomic E-state index is 5.74. The molecule has 0 radical (unpaired) electrons. The molecule has 0 aliphatic heterocycles. The summed E-state index contributed by atoms with van der Waals surface area (Å²) >= 11 is 0. The molecule has 3 nitrogen and oxygen atoms in total. The standard InChI is InChI=1S/C17H22N2O/c1-13(2)20-17-10-9-15(11-14(17)3)12-18-19-16-7-5-4-6-8-16/h4-11,13,18-19H,12H2,1-3H3. The Labute approximate surface area is 120 Å².